The van der Waals surface area contributed by atoms with Gasteiger partial charge in [-0.2, -0.15) is 4.98 Å². The average molecular weight is 328 g/mol. The molecular weight excluding hydrogens is 313 g/mol. The average Bonchev–Trinajstić information content (AvgIpc) is 2.90. The van der Waals surface area contributed by atoms with E-state index in [9.17, 15) is 4.39 Å². The highest BCUT2D eigenvalue weighted by molar-refractivity contribution is 9.10. The van der Waals surface area contributed by atoms with Crippen molar-refractivity contribution < 1.29 is 8.91 Å². The lowest BCUT2D eigenvalue weighted by Crippen LogP contribution is -2.36. The first-order valence-corrected chi connectivity index (χ1v) is 6.88. The highest BCUT2D eigenvalue weighted by Gasteiger charge is 2.29. The zero-order valence-corrected chi connectivity index (χ0v) is 12.4. The van der Waals surface area contributed by atoms with Gasteiger partial charge in [0.05, 0.1) is 11.1 Å². The number of aromatic nitrogens is 2. The van der Waals surface area contributed by atoms with Crippen molar-refractivity contribution in [2.24, 2.45) is 5.73 Å². The van der Waals surface area contributed by atoms with E-state index >= 15 is 0 Å². The maximum atomic E-state index is 13.7. The fourth-order valence-electron chi connectivity index (χ4n) is 1.76. The summed E-state index contributed by atoms with van der Waals surface area (Å²) in [4.78, 5) is 4.23. The van der Waals surface area contributed by atoms with Crippen LogP contribution >= 0.6 is 15.9 Å². The van der Waals surface area contributed by atoms with E-state index in [1.165, 1.54) is 6.07 Å². The molecule has 0 unspecified atom stereocenters. The minimum absolute atomic E-state index is 0.144. The van der Waals surface area contributed by atoms with Crippen molar-refractivity contribution in [1.82, 2.24) is 10.1 Å². The summed E-state index contributed by atoms with van der Waals surface area (Å²) in [5, 5.41) is 3.88. The van der Waals surface area contributed by atoms with Gasteiger partial charge in [0.25, 0.3) is 5.89 Å². The van der Waals surface area contributed by atoms with Gasteiger partial charge in [-0.25, -0.2) is 4.39 Å². The van der Waals surface area contributed by atoms with Gasteiger partial charge in [0.1, 0.15) is 5.82 Å². The number of nitrogens with zero attached hydrogens (tertiary/aromatic N) is 2. The lowest BCUT2D eigenvalue weighted by atomic mass is 9.93. The molecule has 0 bridgehead atoms. The molecule has 19 heavy (non-hydrogen) atoms. The molecule has 1 aromatic carbocycles. The van der Waals surface area contributed by atoms with E-state index in [0.717, 1.165) is 4.47 Å². The fourth-order valence-corrected chi connectivity index (χ4v) is 2.12. The van der Waals surface area contributed by atoms with E-state index in [0.29, 0.717) is 18.7 Å². The Kier molecular flexibility index (Phi) is 4.01. The Morgan fingerprint density at radius 1 is 1.37 bits per heavy atom. The molecule has 2 N–H and O–H groups in total. The van der Waals surface area contributed by atoms with Crippen LogP contribution in [0.15, 0.2) is 27.2 Å². The summed E-state index contributed by atoms with van der Waals surface area (Å²) in [6.07, 6.45) is 1.37. The molecule has 0 saturated carbocycles. The third-order valence-corrected chi connectivity index (χ3v) is 3.79. The summed E-state index contributed by atoms with van der Waals surface area (Å²) in [7, 11) is 0. The van der Waals surface area contributed by atoms with Crippen molar-refractivity contribution in [3.63, 3.8) is 0 Å². The van der Waals surface area contributed by atoms with Crippen molar-refractivity contribution in [3.8, 4) is 11.5 Å². The predicted molar refractivity (Wildman–Crippen MR) is 73.8 cm³/mol. The molecular formula is C13H15BrFN3O. The van der Waals surface area contributed by atoms with Crippen LogP contribution < -0.4 is 5.73 Å². The number of nitrogens with two attached hydrogens (primary N) is 1. The van der Waals surface area contributed by atoms with Crippen LogP contribution in [0.1, 0.15) is 32.5 Å². The Hall–Kier alpha value is -1.27. The Balaban J connectivity index is 2.44. The van der Waals surface area contributed by atoms with Crippen LogP contribution in [-0.4, -0.2) is 10.1 Å². The number of rotatable bonds is 4. The molecule has 4 nitrogen and oxygen atoms in total. The summed E-state index contributed by atoms with van der Waals surface area (Å²) in [6, 6.07) is 4.56. The van der Waals surface area contributed by atoms with Crippen LogP contribution in [0.3, 0.4) is 0 Å². The molecule has 0 amide bonds. The summed E-state index contributed by atoms with van der Waals surface area (Å²) in [5.74, 6) is 0.145. The summed E-state index contributed by atoms with van der Waals surface area (Å²) in [6.45, 7) is 3.92. The standard InChI is InChI=1S/C13H15BrFN3O/c1-3-13(16,4-2)12-17-11(19-18-12)9-7-8(14)5-6-10(9)15/h5-7H,3-4,16H2,1-2H3. The van der Waals surface area contributed by atoms with E-state index in [-0.39, 0.29) is 11.5 Å². The summed E-state index contributed by atoms with van der Waals surface area (Å²) >= 11 is 3.29. The molecule has 2 aromatic rings. The lowest BCUT2D eigenvalue weighted by Gasteiger charge is -2.21. The largest absolute Gasteiger partial charge is 0.334 e. The van der Waals surface area contributed by atoms with E-state index < -0.39 is 11.4 Å². The van der Waals surface area contributed by atoms with Crippen LogP contribution in [-0.2, 0) is 5.54 Å². The second-order valence-electron chi connectivity index (χ2n) is 4.41. The monoisotopic (exact) mass is 327 g/mol. The molecule has 6 heteroatoms. The number of benzene rings is 1. The van der Waals surface area contributed by atoms with Crippen molar-refractivity contribution in [2.45, 2.75) is 32.2 Å². The molecule has 0 aliphatic carbocycles. The first-order chi connectivity index (χ1) is 9.00. The smallest absolute Gasteiger partial charge is 0.261 e. The molecule has 2 rings (SSSR count). The fraction of sp³-hybridized carbons (Fsp3) is 0.385. The second kappa shape index (κ2) is 5.38. The van der Waals surface area contributed by atoms with Gasteiger partial charge in [0.2, 0.25) is 0 Å². The second-order valence-corrected chi connectivity index (χ2v) is 5.33. The zero-order chi connectivity index (χ0) is 14.0. The van der Waals surface area contributed by atoms with E-state index in [4.69, 9.17) is 10.3 Å². The molecule has 0 aliphatic heterocycles. The van der Waals surface area contributed by atoms with Gasteiger partial charge in [-0.05, 0) is 31.0 Å². The molecule has 0 aliphatic rings. The molecule has 0 radical (unpaired) electrons. The maximum Gasteiger partial charge on any atom is 0.261 e. The molecule has 102 valence electrons. The zero-order valence-electron chi connectivity index (χ0n) is 10.8. The quantitative estimate of drug-likeness (QED) is 0.931. The third kappa shape index (κ3) is 2.69. The molecule has 1 aromatic heterocycles. The Morgan fingerprint density at radius 2 is 2.05 bits per heavy atom. The number of hydrogen-bond acceptors (Lipinski definition) is 4. The summed E-state index contributed by atoms with van der Waals surface area (Å²) < 4.78 is 19.6. The normalized spacial score (nSPS) is 11.8. The molecule has 0 spiro atoms. The highest BCUT2D eigenvalue weighted by atomic mass is 79.9. The van der Waals surface area contributed by atoms with Gasteiger partial charge in [-0.1, -0.05) is 34.9 Å². The first-order valence-electron chi connectivity index (χ1n) is 6.08. The van der Waals surface area contributed by atoms with Crippen molar-refractivity contribution in [1.29, 1.82) is 0 Å². The molecule has 1 heterocycles. The van der Waals surface area contributed by atoms with E-state index in [1.807, 2.05) is 13.8 Å². The molecule has 0 fully saturated rings. The van der Waals surface area contributed by atoms with Gasteiger partial charge >= 0.3 is 0 Å². The number of halogens is 2. The van der Waals surface area contributed by atoms with Gasteiger partial charge in [-0.15, -0.1) is 0 Å². The Bertz CT molecular complexity index is 581. The van der Waals surface area contributed by atoms with Gasteiger partial charge < -0.3 is 10.3 Å². The van der Waals surface area contributed by atoms with Crippen LogP contribution in [0.4, 0.5) is 4.39 Å². The van der Waals surface area contributed by atoms with Crippen molar-refractivity contribution in [3.05, 3.63) is 34.3 Å². The lowest BCUT2D eigenvalue weighted by molar-refractivity contribution is 0.350. The minimum Gasteiger partial charge on any atom is -0.334 e. The topological polar surface area (TPSA) is 64.9 Å². The first kappa shape index (κ1) is 14.1. The van der Waals surface area contributed by atoms with E-state index in [1.54, 1.807) is 12.1 Å². The SMILES string of the molecule is CCC(N)(CC)c1noc(-c2cc(Br)ccc2F)n1. The molecule has 0 atom stereocenters. The van der Waals surface area contributed by atoms with Gasteiger partial charge in [0.15, 0.2) is 5.82 Å². The van der Waals surface area contributed by atoms with E-state index in [2.05, 4.69) is 26.1 Å². The van der Waals surface area contributed by atoms with Crippen LogP contribution in [0, 0.1) is 5.82 Å². The summed E-state index contributed by atoms with van der Waals surface area (Å²) in [5.41, 5.74) is 5.82. The van der Waals surface area contributed by atoms with Gasteiger partial charge in [0, 0.05) is 4.47 Å². The van der Waals surface area contributed by atoms with Crippen LogP contribution in [0.25, 0.3) is 11.5 Å². The van der Waals surface area contributed by atoms with Crippen molar-refractivity contribution >= 4 is 15.9 Å². The number of hydrogen-bond donors (Lipinski definition) is 1. The van der Waals surface area contributed by atoms with Crippen molar-refractivity contribution in [2.75, 3.05) is 0 Å². The maximum absolute atomic E-state index is 13.7. The molecule has 0 saturated heterocycles. The Morgan fingerprint density at radius 3 is 2.68 bits per heavy atom. The Labute approximate surface area is 119 Å². The van der Waals surface area contributed by atoms with Crippen LogP contribution in [0.2, 0.25) is 0 Å². The minimum atomic E-state index is -0.635. The highest BCUT2D eigenvalue weighted by Crippen LogP contribution is 2.28. The third-order valence-electron chi connectivity index (χ3n) is 3.29. The van der Waals surface area contributed by atoms with Gasteiger partial charge in [-0.3, -0.25) is 0 Å². The van der Waals surface area contributed by atoms with Crippen LogP contribution in [0.5, 0.6) is 0 Å². The predicted octanol–water partition coefficient (Wildman–Crippen LogP) is 3.61.